The molecule has 1 aromatic rings. The van der Waals surface area contributed by atoms with Crippen LogP contribution in [0.1, 0.15) is 26.7 Å². The van der Waals surface area contributed by atoms with Crippen LogP contribution in [0.3, 0.4) is 0 Å². The van der Waals surface area contributed by atoms with E-state index in [-0.39, 0.29) is 18.4 Å². The third kappa shape index (κ3) is 5.32. The largest absolute Gasteiger partial charge is 0.495 e. The van der Waals surface area contributed by atoms with E-state index in [0.29, 0.717) is 28.8 Å². The van der Waals surface area contributed by atoms with Crippen LogP contribution in [0.25, 0.3) is 0 Å². The summed E-state index contributed by atoms with van der Waals surface area (Å²) in [5, 5.41) is 3.15. The Balaban J connectivity index is 3.05. The predicted molar refractivity (Wildman–Crippen MR) is 90.5 cm³/mol. The molecular formula is C16H23ClN2O4. The summed E-state index contributed by atoms with van der Waals surface area (Å²) >= 11 is 6.07. The average molecular weight is 343 g/mol. The Kier molecular flexibility index (Phi) is 7.68. The van der Waals surface area contributed by atoms with E-state index >= 15 is 0 Å². The highest BCUT2D eigenvalue weighted by molar-refractivity contribution is 6.32. The van der Waals surface area contributed by atoms with Crippen molar-refractivity contribution >= 4 is 29.1 Å². The van der Waals surface area contributed by atoms with Gasteiger partial charge in [0.1, 0.15) is 18.0 Å². The Morgan fingerprint density at radius 1 is 1.22 bits per heavy atom. The van der Waals surface area contributed by atoms with Crippen molar-refractivity contribution in [1.82, 2.24) is 5.32 Å². The Labute approximate surface area is 141 Å². The second kappa shape index (κ2) is 9.25. The molecule has 0 atom stereocenters. The number of hydrogen-bond acceptors (Lipinski definition) is 4. The minimum atomic E-state index is -0.279. The van der Waals surface area contributed by atoms with Gasteiger partial charge in [-0.05, 0) is 6.42 Å². The molecule has 0 bridgehead atoms. The first kappa shape index (κ1) is 19.1. The van der Waals surface area contributed by atoms with Gasteiger partial charge < -0.3 is 14.8 Å². The molecule has 0 aromatic heterocycles. The van der Waals surface area contributed by atoms with Gasteiger partial charge in [0, 0.05) is 25.6 Å². The first-order chi connectivity index (χ1) is 10.9. The molecule has 2 amide bonds. The summed E-state index contributed by atoms with van der Waals surface area (Å²) in [6.45, 7) is 3.92. The highest BCUT2D eigenvalue weighted by Gasteiger charge is 2.21. The number of nitrogens with zero attached hydrogens (tertiary/aromatic N) is 1. The van der Waals surface area contributed by atoms with E-state index < -0.39 is 0 Å². The third-order valence-corrected chi connectivity index (χ3v) is 3.57. The fraction of sp³-hybridized carbons (Fsp3) is 0.500. The van der Waals surface area contributed by atoms with Crippen molar-refractivity contribution in [2.75, 3.05) is 32.2 Å². The molecular weight excluding hydrogens is 320 g/mol. The molecule has 1 aromatic carbocycles. The standard InChI is InChI=1S/C16H23ClN2O4/c1-5-6-7-18-16(21)10-19(11(2)20)13-9-14(22-3)12(17)8-15(13)23-4/h8-9H,5-7,10H2,1-4H3,(H,18,21). The highest BCUT2D eigenvalue weighted by Crippen LogP contribution is 2.38. The quantitative estimate of drug-likeness (QED) is 0.737. The van der Waals surface area contributed by atoms with Crippen molar-refractivity contribution in [2.45, 2.75) is 26.7 Å². The van der Waals surface area contributed by atoms with E-state index in [2.05, 4.69) is 5.32 Å². The van der Waals surface area contributed by atoms with Crippen LogP contribution in [0.15, 0.2) is 12.1 Å². The topological polar surface area (TPSA) is 67.9 Å². The summed E-state index contributed by atoms with van der Waals surface area (Å²) in [4.78, 5) is 25.3. The predicted octanol–water partition coefficient (Wildman–Crippen LogP) is 2.63. The second-order valence-electron chi connectivity index (χ2n) is 4.97. The first-order valence-electron chi connectivity index (χ1n) is 7.40. The average Bonchev–Trinajstić information content (AvgIpc) is 2.52. The lowest BCUT2D eigenvalue weighted by molar-refractivity contribution is -0.123. The number of carbonyl (C=O) groups is 2. The molecule has 6 nitrogen and oxygen atoms in total. The Hall–Kier alpha value is -1.95. The monoisotopic (exact) mass is 342 g/mol. The van der Waals surface area contributed by atoms with E-state index in [9.17, 15) is 9.59 Å². The van der Waals surface area contributed by atoms with Gasteiger partial charge in [-0.1, -0.05) is 24.9 Å². The van der Waals surface area contributed by atoms with Gasteiger partial charge in [-0.25, -0.2) is 0 Å². The zero-order chi connectivity index (χ0) is 17.4. The normalized spacial score (nSPS) is 10.1. The van der Waals surface area contributed by atoms with Crippen LogP contribution >= 0.6 is 11.6 Å². The molecule has 0 saturated carbocycles. The molecule has 1 N–H and O–H groups in total. The molecule has 0 heterocycles. The van der Waals surface area contributed by atoms with E-state index in [1.54, 1.807) is 12.1 Å². The van der Waals surface area contributed by atoms with Gasteiger partial charge in [0.25, 0.3) is 0 Å². The molecule has 23 heavy (non-hydrogen) atoms. The van der Waals surface area contributed by atoms with Crippen molar-refractivity contribution in [3.63, 3.8) is 0 Å². The van der Waals surface area contributed by atoms with Crippen LogP contribution in [0, 0.1) is 0 Å². The van der Waals surface area contributed by atoms with Crippen LogP contribution in [0.4, 0.5) is 5.69 Å². The molecule has 1 rings (SSSR count). The fourth-order valence-corrected chi connectivity index (χ4v) is 2.26. The summed E-state index contributed by atoms with van der Waals surface area (Å²) in [7, 11) is 2.95. The lowest BCUT2D eigenvalue weighted by Gasteiger charge is -2.23. The number of amides is 2. The number of anilines is 1. The summed E-state index contributed by atoms with van der Waals surface area (Å²) in [5.74, 6) is 0.287. The number of methoxy groups -OCH3 is 2. The molecule has 0 fully saturated rings. The number of halogens is 1. The number of rotatable bonds is 8. The van der Waals surface area contributed by atoms with Crippen LogP contribution in [-0.4, -0.2) is 39.1 Å². The van der Waals surface area contributed by atoms with Crippen molar-refractivity contribution in [3.05, 3.63) is 17.2 Å². The first-order valence-corrected chi connectivity index (χ1v) is 7.78. The molecule has 0 unspecified atom stereocenters. The summed E-state index contributed by atoms with van der Waals surface area (Å²) < 4.78 is 10.4. The van der Waals surface area contributed by atoms with Gasteiger partial charge in [-0.15, -0.1) is 0 Å². The fourth-order valence-electron chi connectivity index (χ4n) is 2.03. The smallest absolute Gasteiger partial charge is 0.240 e. The zero-order valence-electron chi connectivity index (χ0n) is 13.9. The molecule has 0 spiro atoms. The number of nitrogens with one attached hydrogen (secondary N) is 1. The zero-order valence-corrected chi connectivity index (χ0v) is 14.7. The number of ether oxygens (including phenoxy) is 2. The third-order valence-electron chi connectivity index (χ3n) is 3.28. The summed E-state index contributed by atoms with van der Waals surface area (Å²) in [5.41, 5.74) is 0.437. The van der Waals surface area contributed by atoms with Gasteiger partial charge in [0.2, 0.25) is 11.8 Å². The number of carbonyl (C=O) groups excluding carboxylic acids is 2. The minimum Gasteiger partial charge on any atom is -0.495 e. The Morgan fingerprint density at radius 3 is 2.39 bits per heavy atom. The highest BCUT2D eigenvalue weighted by atomic mass is 35.5. The molecule has 0 saturated heterocycles. The van der Waals surface area contributed by atoms with E-state index in [0.717, 1.165) is 12.8 Å². The molecule has 0 aliphatic carbocycles. The van der Waals surface area contributed by atoms with Crippen LogP contribution < -0.4 is 19.7 Å². The van der Waals surface area contributed by atoms with Crippen LogP contribution in [0.2, 0.25) is 5.02 Å². The van der Waals surface area contributed by atoms with Gasteiger partial charge in [-0.2, -0.15) is 0 Å². The molecule has 0 radical (unpaired) electrons. The Morgan fingerprint density at radius 2 is 1.87 bits per heavy atom. The van der Waals surface area contributed by atoms with Crippen molar-refractivity contribution in [2.24, 2.45) is 0 Å². The number of benzene rings is 1. The lowest BCUT2D eigenvalue weighted by Crippen LogP contribution is -2.40. The molecule has 7 heteroatoms. The maximum Gasteiger partial charge on any atom is 0.240 e. The molecule has 0 aliphatic rings. The Bertz CT molecular complexity index is 563. The van der Waals surface area contributed by atoms with Gasteiger partial charge in [0.05, 0.1) is 24.9 Å². The summed E-state index contributed by atoms with van der Waals surface area (Å²) in [6, 6.07) is 3.14. The molecule has 128 valence electrons. The van der Waals surface area contributed by atoms with Crippen LogP contribution in [-0.2, 0) is 9.59 Å². The maximum atomic E-state index is 12.0. The van der Waals surface area contributed by atoms with Gasteiger partial charge in [0.15, 0.2) is 0 Å². The van der Waals surface area contributed by atoms with E-state index in [1.807, 2.05) is 6.92 Å². The second-order valence-corrected chi connectivity index (χ2v) is 5.37. The van der Waals surface area contributed by atoms with E-state index in [1.165, 1.54) is 26.0 Å². The SMILES string of the molecule is CCCCNC(=O)CN(C(C)=O)c1cc(OC)c(Cl)cc1OC. The van der Waals surface area contributed by atoms with Crippen LogP contribution in [0.5, 0.6) is 11.5 Å². The molecule has 0 aliphatic heterocycles. The minimum absolute atomic E-state index is 0.0970. The maximum absolute atomic E-state index is 12.0. The van der Waals surface area contributed by atoms with E-state index in [4.69, 9.17) is 21.1 Å². The van der Waals surface area contributed by atoms with Gasteiger partial charge in [-0.3, -0.25) is 14.5 Å². The lowest BCUT2D eigenvalue weighted by atomic mass is 10.2. The number of unbranched alkanes of at least 4 members (excludes halogenated alkanes) is 1. The number of hydrogen-bond donors (Lipinski definition) is 1. The van der Waals surface area contributed by atoms with Crippen molar-refractivity contribution in [3.8, 4) is 11.5 Å². The van der Waals surface area contributed by atoms with Gasteiger partial charge >= 0.3 is 0 Å². The van der Waals surface area contributed by atoms with Crippen molar-refractivity contribution < 1.29 is 19.1 Å². The van der Waals surface area contributed by atoms with Crippen molar-refractivity contribution in [1.29, 1.82) is 0 Å². The summed E-state index contributed by atoms with van der Waals surface area (Å²) in [6.07, 6.45) is 1.88.